The Morgan fingerprint density at radius 3 is 2.39 bits per heavy atom. The smallest absolute Gasteiger partial charge is 0.409 e. The van der Waals surface area contributed by atoms with Crippen molar-refractivity contribution in [3.63, 3.8) is 0 Å². The first-order valence-corrected chi connectivity index (χ1v) is 6.00. The lowest BCUT2D eigenvalue weighted by Crippen LogP contribution is -2.53. The van der Waals surface area contributed by atoms with Crippen molar-refractivity contribution in [2.75, 3.05) is 39.9 Å². The standard InChI is InChI=1S/C12H20N2O4/c1-4-10(11(15)17-3)13-6-8-14(9-7-13)12(16)18-5-2/h4,10H,1,5-9H2,2-3H3. The lowest BCUT2D eigenvalue weighted by Gasteiger charge is -2.36. The third-order valence-corrected chi connectivity index (χ3v) is 2.90. The zero-order chi connectivity index (χ0) is 13.5. The van der Waals surface area contributed by atoms with E-state index in [9.17, 15) is 9.59 Å². The van der Waals surface area contributed by atoms with Gasteiger partial charge in [0.25, 0.3) is 0 Å². The molecule has 1 unspecified atom stereocenters. The fraction of sp³-hybridized carbons (Fsp3) is 0.667. The highest BCUT2D eigenvalue weighted by molar-refractivity contribution is 5.77. The Labute approximate surface area is 107 Å². The second-order valence-electron chi connectivity index (χ2n) is 3.93. The molecule has 0 aromatic carbocycles. The topological polar surface area (TPSA) is 59.1 Å². The number of piperazine rings is 1. The summed E-state index contributed by atoms with van der Waals surface area (Å²) in [5.74, 6) is -0.324. The van der Waals surface area contributed by atoms with Crippen molar-refractivity contribution in [3.8, 4) is 0 Å². The Hall–Kier alpha value is -1.56. The summed E-state index contributed by atoms with van der Waals surface area (Å²) in [7, 11) is 1.35. The van der Waals surface area contributed by atoms with Gasteiger partial charge < -0.3 is 14.4 Å². The molecule has 1 aliphatic heterocycles. The molecule has 1 aliphatic rings. The molecule has 102 valence electrons. The molecular weight excluding hydrogens is 236 g/mol. The van der Waals surface area contributed by atoms with Crippen molar-refractivity contribution in [1.82, 2.24) is 9.80 Å². The van der Waals surface area contributed by atoms with Crippen molar-refractivity contribution in [1.29, 1.82) is 0 Å². The number of hydrogen-bond acceptors (Lipinski definition) is 5. The molecule has 0 bridgehead atoms. The molecule has 1 heterocycles. The molecule has 0 aliphatic carbocycles. The van der Waals surface area contributed by atoms with E-state index >= 15 is 0 Å². The molecule has 0 N–H and O–H groups in total. The maximum atomic E-state index is 11.5. The Bertz CT molecular complexity index is 311. The molecule has 1 saturated heterocycles. The predicted octanol–water partition coefficient (Wildman–Crippen LogP) is 0.488. The first-order chi connectivity index (χ1) is 8.63. The zero-order valence-electron chi connectivity index (χ0n) is 10.9. The molecule has 1 rings (SSSR count). The van der Waals surface area contributed by atoms with Gasteiger partial charge in [0, 0.05) is 26.2 Å². The minimum absolute atomic E-state index is 0.301. The second-order valence-corrected chi connectivity index (χ2v) is 3.93. The maximum Gasteiger partial charge on any atom is 0.409 e. The van der Waals surface area contributed by atoms with Crippen molar-refractivity contribution < 1.29 is 19.1 Å². The Kier molecular flexibility index (Phi) is 5.64. The van der Waals surface area contributed by atoms with Gasteiger partial charge in [-0.3, -0.25) is 9.69 Å². The van der Waals surface area contributed by atoms with Gasteiger partial charge in [-0.15, -0.1) is 6.58 Å². The zero-order valence-corrected chi connectivity index (χ0v) is 10.9. The summed E-state index contributed by atoms with van der Waals surface area (Å²) >= 11 is 0. The van der Waals surface area contributed by atoms with Crippen LogP contribution in [0.1, 0.15) is 6.92 Å². The van der Waals surface area contributed by atoms with Crippen LogP contribution < -0.4 is 0 Å². The SMILES string of the molecule is C=CC(C(=O)OC)N1CCN(C(=O)OCC)CC1. The number of esters is 1. The van der Waals surface area contributed by atoms with Gasteiger partial charge in [-0.2, -0.15) is 0 Å². The third kappa shape index (κ3) is 3.46. The van der Waals surface area contributed by atoms with Crippen LogP contribution in [-0.2, 0) is 14.3 Å². The van der Waals surface area contributed by atoms with Crippen LogP contribution in [0.25, 0.3) is 0 Å². The van der Waals surface area contributed by atoms with E-state index in [4.69, 9.17) is 9.47 Å². The number of rotatable bonds is 4. The fourth-order valence-corrected chi connectivity index (χ4v) is 1.91. The van der Waals surface area contributed by atoms with Gasteiger partial charge in [0.05, 0.1) is 13.7 Å². The third-order valence-electron chi connectivity index (χ3n) is 2.90. The lowest BCUT2D eigenvalue weighted by atomic mass is 10.2. The summed E-state index contributed by atoms with van der Waals surface area (Å²) < 4.78 is 9.64. The normalized spacial score (nSPS) is 18.0. The number of carbonyl (C=O) groups excluding carboxylic acids is 2. The van der Waals surface area contributed by atoms with Crippen LogP contribution >= 0.6 is 0 Å². The molecule has 6 heteroatoms. The van der Waals surface area contributed by atoms with E-state index in [2.05, 4.69) is 6.58 Å². The number of carbonyl (C=O) groups is 2. The van der Waals surface area contributed by atoms with E-state index < -0.39 is 6.04 Å². The molecule has 6 nitrogen and oxygen atoms in total. The van der Waals surface area contributed by atoms with E-state index in [-0.39, 0.29) is 12.1 Å². The van der Waals surface area contributed by atoms with E-state index in [1.165, 1.54) is 7.11 Å². The van der Waals surface area contributed by atoms with E-state index in [1.807, 2.05) is 4.90 Å². The number of amides is 1. The fourth-order valence-electron chi connectivity index (χ4n) is 1.91. The summed E-state index contributed by atoms with van der Waals surface area (Å²) in [6, 6.07) is -0.445. The van der Waals surface area contributed by atoms with Crippen LogP contribution in [0.4, 0.5) is 4.79 Å². The molecule has 0 aromatic heterocycles. The molecule has 0 spiro atoms. The molecular formula is C12H20N2O4. The second kappa shape index (κ2) is 7.00. The van der Waals surface area contributed by atoms with Crippen LogP contribution in [0.3, 0.4) is 0 Å². The first kappa shape index (κ1) is 14.5. The van der Waals surface area contributed by atoms with Gasteiger partial charge in [0.2, 0.25) is 0 Å². The number of ether oxygens (including phenoxy) is 2. The van der Waals surface area contributed by atoms with Crippen molar-refractivity contribution in [2.24, 2.45) is 0 Å². The average Bonchev–Trinajstić information content (AvgIpc) is 2.40. The largest absolute Gasteiger partial charge is 0.468 e. The van der Waals surface area contributed by atoms with Gasteiger partial charge in [0.1, 0.15) is 6.04 Å². The molecule has 0 radical (unpaired) electrons. The minimum Gasteiger partial charge on any atom is -0.468 e. The molecule has 0 aromatic rings. The Morgan fingerprint density at radius 1 is 1.33 bits per heavy atom. The lowest BCUT2D eigenvalue weighted by molar-refractivity contribution is -0.145. The summed E-state index contributed by atoms with van der Waals surface area (Å²) in [5, 5.41) is 0. The molecule has 1 amide bonds. The highest BCUT2D eigenvalue weighted by atomic mass is 16.6. The van der Waals surface area contributed by atoms with Crippen molar-refractivity contribution in [3.05, 3.63) is 12.7 Å². The van der Waals surface area contributed by atoms with E-state index in [1.54, 1.807) is 17.9 Å². The average molecular weight is 256 g/mol. The summed E-state index contributed by atoms with van der Waals surface area (Å²) in [6.45, 7) is 8.08. The predicted molar refractivity (Wildman–Crippen MR) is 66.2 cm³/mol. The summed E-state index contributed by atoms with van der Waals surface area (Å²) in [6.07, 6.45) is 1.26. The van der Waals surface area contributed by atoms with Crippen LogP contribution in [-0.4, -0.2) is 67.8 Å². The monoisotopic (exact) mass is 256 g/mol. The minimum atomic E-state index is -0.445. The quantitative estimate of drug-likeness (QED) is 0.541. The van der Waals surface area contributed by atoms with Gasteiger partial charge in [-0.25, -0.2) is 4.79 Å². The number of hydrogen-bond donors (Lipinski definition) is 0. The van der Waals surface area contributed by atoms with Crippen molar-refractivity contribution >= 4 is 12.1 Å². The molecule has 18 heavy (non-hydrogen) atoms. The van der Waals surface area contributed by atoms with E-state index in [0.29, 0.717) is 32.8 Å². The van der Waals surface area contributed by atoms with Crippen molar-refractivity contribution in [2.45, 2.75) is 13.0 Å². The van der Waals surface area contributed by atoms with Gasteiger partial charge in [-0.1, -0.05) is 6.08 Å². The van der Waals surface area contributed by atoms with Gasteiger partial charge in [0.15, 0.2) is 0 Å². The van der Waals surface area contributed by atoms with Crippen LogP contribution in [0.5, 0.6) is 0 Å². The Balaban J connectivity index is 2.49. The maximum absolute atomic E-state index is 11.5. The molecule has 1 fully saturated rings. The number of nitrogens with zero attached hydrogens (tertiary/aromatic N) is 2. The van der Waals surface area contributed by atoms with Gasteiger partial charge in [-0.05, 0) is 6.92 Å². The van der Waals surface area contributed by atoms with E-state index in [0.717, 1.165) is 0 Å². The van der Waals surface area contributed by atoms with Crippen LogP contribution in [0.2, 0.25) is 0 Å². The molecule has 0 saturated carbocycles. The number of methoxy groups -OCH3 is 1. The highest BCUT2D eigenvalue weighted by Crippen LogP contribution is 2.09. The summed E-state index contributed by atoms with van der Waals surface area (Å²) in [5.41, 5.74) is 0. The van der Waals surface area contributed by atoms with Gasteiger partial charge >= 0.3 is 12.1 Å². The van der Waals surface area contributed by atoms with Crippen LogP contribution in [0.15, 0.2) is 12.7 Å². The molecule has 1 atom stereocenters. The summed E-state index contributed by atoms with van der Waals surface area (Å²) in [4.78, 5) is 26.6. The van der Waals surface area contributed by atoms with Crippen LogP contribution in [0, 0.1) is 0 Å². The Morgan fingerprint density at radius 2 is 1.94 bits per heavy atom. The highest BCUT2D eigenvalue weighted by Gasteiger charge is 2.29. The first-order valence-electron chi connectivity index (χ1n) is 6.00.